The van der Waals surface area contributed by atoms with Crippen molar-refractivity contribution in [3.05, 3.63) is 39.9 Å². The Morgan fingerprint density at radius 3 is 2.47 bits per heavy atom. The van der Waals surface area contributed by atoms with Gasteiger partial charge in [0.1, 0.15) is 0 Å². The second kappa shape index (κ2) is 5.02. The summed E-state index contributed by atoms with van der Waals surface area (Å²) in [5.41, 5.74) is 1.05. The minimum Gasteiger partial charge on any atom is -0.311 e. The van der Waals surface area contributed by atoms with Crippen LogP contribution < -0.4 is 5.32 Å². The Labute approximate surface area is 100 Å². The van der Waals surface area contributed by atoms with Crippen LogP contribution in [0.1, 0.15) is 18.4 Å². The van der Waals surface area contributed by atoms with Gasteiger partial charge in [-0.2, -0.15) is 0 Å². The highest BCUT2D eigenvalue weighted by Gasteiger charge is 2.18. The summed E-state index contributed by atoms with van der Waals surface area (Å²) in [5, 5.41) is 4.76. The first-order valence-electron chi connectivity index (χ1n) is 5.10. The van der Waals surface area contributed by atoms with Crippen LogP contribution in [0.25, 0.3) is 6.08 Å². The van der Waals surface area contributed by atoms with Crippen molar-refractivity contribution < 1.29 is 0 Å². The van der Waals surface area contributed by atoms with E-state index in [1.54, 1.807) is 6.07 Å². The zero-order valence-electron chi connectivity index (χ0n) is 8.34. The van der Waals surface area contributed by atoms with Gasteiger partial charge >= 0.3 is 0 Å². The molecule has 80 valence electrons. The average Bonchev–Trinajstić information content (AvgIpc) is 2.94. The Hall–Kier alpha value is -0.500. The molecule has 0 aromatic heterocycles. The summed E-state index contributed by atoms with van der Waals surface area (Å²) in [6, 6.07) is 6.29. The van der Waals surface area contributed by atoms with E-state index in [-0.39, 0.29) is 0 Å². The Bertz CT molecular complexity index is 350. The van der Waals surface area contributed by atoms with E-state index in [2.05, 4.69) is 11.4 Å². The van der Waals surface area contributed by atoms with Crippen molar-refractivity contribution in [2.75, 3.05) is 6.54 Å². The van der Waals surface area contributed by atoms with Crippen LogP contribution >= 0.6 is 23.2 Å². The molecule has 1 saturated carbocycles. The molecule has 2 rings (SSSR count). The number of hydrogen-bond donors (Lipinski definition) is 1. The molecule has 0 heterocycles. The predicted molar refractivity (Wildman–Crippen MR) is 66.5 cm³/mol. The van der Waals surface area contributed by atoms with Gasteiger partial charge < -0.3 is 5.32 Å². The fourth-order valence-electron chi connectivity index (χ4n) is 1.39. The Morgan fingerprint density at radius 1 is 1.20 bits per heavy atom. The lowest BCUT2D eigenvalue weighted by Gasteiger charge is -1.98. The molecule has 0 atom stereocenters. The van der Waals surface area contributed by atoms with E-state index in [1.165, 1.54) is 12.8 Å². The van der Waals surface area contributed by atoms with Crippen LogP contribution in [-0.2, 0) is 0 Å². The van der Waals surface area contributed by atoms with Gasteiger partial charge in [0.2, 0.25) is 0 Å². The molecule has 1 aliphatic carbocycles. The zero-order chi connectivity index (χ0) is 10.7. The maximum Gasteiger partial charge on any atom is 0.0426 e. The number of benzene rings is 1. The van der Waals surface area contributed by atoms with Crippen molar-refractivity contribution >= 4 is 29.3 Å². The molecule has 1 nitrogen and oxygen atoms in total. The summed E-state index contributed by atoms with van der Waals surface area (Å²) in [4.78, 5) is 0. The maximum absolute atomic E-state index is 5.89. The number of hydrogen-bond acceptors (Lipinski definition) is 1. The van der Waals surface area contributed by atoms with Gasteiger partial charge in [0.15, 0.2) is 0 Å². The molecular weight excluding hydrogens is 229 g/mol. The van der Waals surface area contributed by atoms with E-state index < -0.39 is 0 Å². The van der Waals surface area contributed by atoms with Crippen molar-refractivity contribution in [3.63, 3.8) is 0 Å². The topological polar surface area (TPSA) is 12.0 Å². The third-order valence-electron chi connectivity index (χ3n) is 2.30. The zero-order valence-corrected chi connectivity index (χ0v) is 9.85. The van der Waals surface area contributed by atoms with E-state index in [0.717, 1.165) is 18.2 Å². The quantitative estimate of drug-likeness (QED) is 0.847. The minimum absolute atomic E-state index is 0.678. The van der Waals surface area contributed by atoms with Crippen molar-refractivity contribution in [1.82, 2.24) is 5.32 Å². The summed E-state index contributed by atoms with van der Waals surface area (Å²) in [5.74, 6) is 0. The molecule has 3 heteroatoms. The second-order valence-electron chi connectivity index (χ2n) is 3.79. The molecule has 1 aromatic rings. The molecular formula is C12H13Cl2N. The normalized spacial score (nSPS) is 16.1. The first kappa shape index (κ1) is 11.0. The lowest BCUT2D eigenvalue weighted by atomic mass is 10.2. The third kappa shape index (κ3) is 3.86. The van der Waals surface area contributed by atoms with Crippen molar-refractivity contribution in [1.29, 1.82) is 0 Å². The maximum atomic E-state index is 5.89. The minimum atomic E-state index is 0.678. The third-order valence-corrected chi connectivity index (χ3v) is 2.73. The van der Waals surface area contributed by atoms with Crippen molar-refractivity contribution in [3.8, 4) is 0 Å². The van der Waals surface area contributed by atoms with Gasteiger partial charge in [0, 0.05) is 22.6 Å². The van der Waals surface area contributed by atoms with Crippen LogP contribution in [0.5, 0.6) is 0 Å². The van der Waals surface area contributed by atoms with Crippen LogP contribution in [0.4, 0.5) is 0 Å². The molecule has 1 fully saturated rings. The highest BCUT2D eigenvalue weighted by Crippen LogP contribution is 2.20. The summed E-state index contributed by atoms with van der Waals surface area (Å²) in [6.07, 6.45) is 6.76. The first-order chi connectivity index (χ1) is 7.24. The van der Waals surface area contributed by atoms with Gasteiger partial charge in [-0.1, -0.05) is 35.4 Å². The van der Waals surface area contributed by atoms with E-state index >= 15 is 0 Å². The van der Waals surface area contributed by atoms with Crippen molar-refractivity contribution in [2.45, 2.75) is 18.9 Å². The fraction of sp³-hybridized carbons (Fsp3) is 0.333. The van der Waals surface area contributed by atoms with E-state index in [9.17, 15) is 0 Å². The molecule has 0 unspecified atom stereocenters. The molecule has 0 amide bonds. The second-order valence-corrected chi connectivity index (χ2v) is 4.66. The summed E-state index contributed by atoms with van der Waals surface area (Å²) in [6.45, 7) is 0.912. The Balaban J connectivity index is 1.90. The van der Waals surface area contributed by atoms with Crippen molar-refractivity contribution in [2.24, 2.45) is 0 Å². The Morgan fingerprint density at radius 2 is 1.87 bits per heavy atom. The molecule has 1 aliphatic rings. The van der Waals surface area contributed by atoms with E-state index in [0.29, 0.717) is 10.0 Å². The molecule has 1 aromatic carbocycles. The van der Waals surface area contributed by atoms with E-state index in [1.807, 2.05) is 18.2 Å². The Kier molecular flexibility index (Phi) is 3.68. The lowest BCUT2D eigenvalue weighted by molar-refractivity contribution is 0.754. The lowest BCUT2D eigenvalue weighted by Crippen LogP contribution is -2.15. The number of nitrogens with one attached hydrogen (secondary N) is 1. The largest absolute Gasteiger partial charge is 0.311 e. The van der Waals surface area contributed by atoms with Gasteiger partial charge in [0.05, 0.1) is 0 Å². The molecule has 0 aliphatic heterocycles. The highest BCUT2D eigenvalue weighted by molar-refractivity contribution is 6.34. The highest BCUT2D eigenvalue weighted by atomic mass is 35.5. The predicted octanol–water partition coefficient (Wildman–Crippen LogP) is 3.76. The standard InChI is InChI=1S/C12H13Cl2N/c13-10-6-9(7-11(14)8-10)2-1-5-15-12-3-4-12/h1-2,6-8,12,15H,3-5H2. The first-order valence-corrected chi connectivity index (χ1v) is 5.85. The average molecular weight is 242 g/mol. The molecule has 0 radical (unpaired) electrons. The van der Waals surface area contributed by atoms with Gasteiger partial charge in [-0.3, -0.25) is 0 Å². The summed E-state index contributed by atoms with van der Waals surface area (Å²) >= 11 is 11.8. The molecule has 15 heavy (non-hydrogen) atoms. The molecule has 0 spiro atoms. The SMILES string of the molecule is Clc1cc(Cl)cc(C=CCNC2CC2)c1. The number of rotatable bonds is 4. The van der Waals surface area contributed by atoms with Crippen LogP contribution in [0.15, 0.2) is 24.3 Å². The van der Waals surface area contributed by atoms with E-state index in [4.69, 9.17) is 23.2 Å². The van der Waals surface area contributed by atoms with Gasteiger partial charge in [0.25, 0.3) is 0 Å². The van der Waals surface area contributed by atoms with Gasteiger partial charge in [-0.15, -0.1) is 0 Å². The van der Waals surface area contributed by atoms with Gasteiger partial charge in [-0.05, 0) is 36.6 Å². The van der Waals surface area contributed by atoms with Crippen LogP contribution in [0, 0.1) is 0 Å². The summed E-state index contributed by atoms with van der Waals surface area (Å²) < 4.78 is 0. The monoisotopic (exact) mass is 241 g/mol. The van der Waals surface area contributed by atoms with Crippen LogP contribution in [0.2, 0.25) is 10.0 Å². The summed E-state index contributed by atoms with van der Waals surface area (Å²) in [7, 11) is 0. The van der Waals surface area contributed by atoms with Crippen LogP contribution in [-0.4, -0.2) is 12.6 Å². The van der Waals surface area contributed by atoms with Crippen LogP contribution in [0.3, 0.4) is 0 Å². The molecule has 1 N–H and O–H groups in total. The molecule has 0 bridgehead atoms. The fourth-order valence-corrected chi connectivity index (χ4v) is 1.93. The smallest absolute Gasteiger partial charge is 0.0426 e. The van der Waals surface area contributed by atoms with Gasteiger partial charge in [-0.25, -0.2) is 0 Å². The number of halogens is 2. The molecule has 0 saturated heterocycles.